The fourth-order valence-corrected chi connectivity index (χ4v) is 3.26. The minimum absolute atomic E-state index is 0.505. The summed E-state index contributed by atoms with van der Waals surface area (Å²) < 4.78 is 0. The molecule has 1 aromatic carbocycles. The molecule has 3 nitrogen and oxygen atoms in total. The van der Waals surface area contributed by atoms with Crippen LogP contribution in [0.25, 0.3) is 10.8 Å². The number of anilines is 1. The van der Waals surface area contributed by atoms with Gasteiger partial charge in [-0.15, -0.1) is 11.6 Å². The number of halogens is 1. The van der Waals surface area contributed by atoms with Gasteiger partial charge < -0.3 is 9.80 Å². The number of aromatic nitrogens is 1. The van der Waals surface area contributed by atoms with Crippen molar-refractivity contribution in [1.29, 1.82) is 0 Å². The first-order valence-electron chi connectivity index (χ1n) is 7.65. The van der Waals surface area contributed by atoms with E-state index in [0.29, 0.717) is 5.88 Å². The van der Waals surface area contributed by atoms with Gasteiger partial charge in [-0.2, -0.15) is 0 Å². The van der Waals surface area contributed by atoms with Gasteiger partial charge in [0.15, 0.2) is 0 Å². The van der Waals surface area contributed by atoms with Gasteiger partial charge in [0.05, 0.1) is 0 Å². The number of benzene rings is 1. The van der Waals surface area contributed by atoms with Gasteiger partial charge in [0.1, 0.15) is 5.82 Å². The maximum absolute atomic E-state index is 6.02. The van der Waals surface area contributed by atoms with Crippen molar-refractivity contribution in [2.75, 3.05) is 38.1 Å². The lowest BCUT2D eigenvalue weighted by atomic mass is 10.1. The molecule has 2 aromatic rings. The van der Waals surface area contributed by atoms with E-state index in [1.54, 1.807) is 0 Å². The summed E-state index contributed by atoms with van der Waals surface area (Å²) in [6.07, 6.45) is 4.60. The minimum Gasteiger partial charge on any atom is -0.358 e. The van der Waals surface area contributed by atoms with Crippen LogP contribution in [-0.4, -0.2) is 43.1 Å². The summed E-state index contributed by atoms with van der Waals surface area (Å²) in [5.74, 6) is 1.56. The first kappa shape index (κ1) is 14.6. The van der Waals surface area contributed by atoms with Crippen LogP contribution in [-0.2, 0) is 5.88 Å². The van der Waals surface area contributed by atoms with Gasteiger partial charge in [-0.3, -0.25) is 0 Å². The summed E-state index contributed by atoms with van der Waals surface area (Å²) >= 11 is 6.02. The highest BCUT2D eigenvalue weighted by molar-refractivity contribution is 6.18. The van der Waals surface area contributed by atoms with E-state index in [1.165, 1.54) is 36.7 Å². The van der Waals surface area contributed by atoms with E-state index in [4.69, 9.17) is 11.6 Å². The number of hydrogen-bond acceptors (Lipinski definition) is 3. The molecule has 0 N–H and O–H groups in total. The summed E-state index contributed by atoms with van der Waals surface area (Å²) in [6, 6.07) is 8.40. The van der Waals surface area contributed by atoms with Crippen LogP contribution in [0, 0.1) is 0 Å². The summed E-state index contributed by atoms with van der Waals surface area (Å²) in [7, 11) is 2.13. The maximum atomic E-state index is 6.02. The van der Waals surface area contributed by atoms with E-state index in [-0.39, 0.29) is 0 Å². The molecule has 112 valence electrons. The average Bonchev–Trinajstić information content (AvgIpc) is 3.05. The first-order valence-corrected chi connectivity index (χ1v) is 8.19. The number of likely N-dealkylation sites (N-methyl/N-ethyl adjacent to an activating group) is 1. The lowest BCUT2D eigenvalue weighted by molar-refractivity contribution is 0.346. The van der Waals surface area contributed by atoms with Crippen molar-refractivity contribution in [3.05, 3.63) is 36.0 Å². The molecule has 1 fully saturated rings. The molecule has 1 aliphatic rings. The fraction of sp³-hybridized carbons (Fsp3) is 0.471. The Balaban J connectivity index is 1.82. The molecule has 0 radical (unpaired) electrons. The molecule has 4 heteroatoms. The number of likely N-dealkylation sites (tertiary alicyclic amines) is 1. The third-order valence-electron chi connectivity index (χ3n) is 4.31. The lowest BCUT2D eigenvalue weighted by Gasteiger charge is -2.23. The van der Waals surface area contributed by atoms with Crippen LogP contribution < -0.4 is 4.90 Å². The van der Waals surface area contributed by atoms with Crippen LogP contribution in [0.1, 0.15) is 18.4 Å². The third kappa shape index (κ3) is 3.14. The Kier molecular flexibility index (Phi) is 4.61. The molecule has 2 heterocycles. The van der Waals surface area contributed by atoms with Crippen LogP contribution >= 0.6 is 11.6 Å². The Morgan fingerprint density at radius 3 is 2.62 bits per heavy atom. The zero-order valence-electron chi connectivity index (χ0n) is 12.6. The van der Waals surface area contributed by atoms with Crippen molar-refractivity contribution < 1.29 is 0 Å². The van der Waals surface area contributed by atoms with Gasteiger partial charge in [-0.25, -0.2) is 4.98 Å². The van der Waals surface area contributed by atoms with Gasteiger partial charge in [0, 0.05) is 37.6 Å². The highest BCUT2D eigenvalue weighted by atomic mass is 35.5. The molecular weight excluding hydrogens is 282 g/mol. The smallest absolute Gasteiger partial charge is 0.136 e. The van der Waals surface area contributed by atoms with Gasteiger partial charge in [0.25, 0.3) is 0 Å². The van der Waals surface area contributed by atoms with Gasteiger partial charge in [-0.1, -0.05) is 24.3 Å². The topological polar surface area (TPSA) is 19.4 Å². The summed E-state index contributed by atoms with van der Waals surface area (Å²) in [5, 5.41) is 2.41. The van der Waals surface area contributed by atoms with Crippen LogP contribution in [0.2, 0.25) is 0 Å². The molecule has 0 saturated carbocycles. The number of alkyl halides is 1. The molecule has 0 spiro atoms. The van der Waals surface area contributed by atoms with Crippen molar-refractivity contribution in [2.24, 2.45) is 0 Å². The van der Waals surface area contributed by atoms with Crippen molar-refractivity contribution in [3.63, 3.8) is 0 Å². The van der Waals surface area contributed by atoms with Gasteiger partial charge >= 0.3 is 0 Å². The molecule has 0 bridgehead atoms. The normalized spacial score (nSPS) is 15.7. The molecule has 0 aliphatic carbocycles. The van der Waals surface area contributed by atoms with Crippen LogP contribution in [0.15, 0.2) is 30.5 Å². The second-order valence-electron chi connectivity index (χ2n) is 5.76. The van der Waals surface area contributed by atoms with E-state index < -0.39 is 0 Å². The molecule has 3 rings (SSSR count). The largest absolute Gasteiger partial charge is 0.358 e. The number of pyridine rings is 1. The number of nitrogens with zero attached hydrogens (tertiary/aromatic N) is 3. The number of fused-ring (bicyclic) bond motifs is 1. The average molecular weight is 304 g/mol. The molecule has 21 heavy (non-hydrogen) atoms. The third-order valence-corrected chi connectivity index (χ3v) is 4.60. The second kappa shape index (κ2) is 6.63. The zero-order chi connectivity index (χ0) is 14.7. The second-order valence-corrected chi connectivity index (χ2v) is 6.02. The predicted molar refractivity (Wildman–Crippen MR) is 90.2 cm³/mol. The molecule has 1 aromatic heterocycles. The fourth-order valence-electron chi connectivity index (χ4n) is 3.05. The Hall–Kier alpha value is -1.32. The Labute approximate surface area is 131 Å². The molecule has 0 atom stereocenters. The van der Waals surface area contributed by atoms with E-state index in [0.717, 1.165) is 24.5 Å². The van der Waals surface area contributed by atoms with Gasteiger partial charge in [0.2, 0.25) is 0 Å². The molecular formula is C17H22ClN3. The quantitative estimate of drug-likeness (QED) is 0.788. The highest BCUT2D eigenvalue weighted by Gasteiger charge is 2.14. The predicted octanol–water partition coefficient (Wildman–Crippen LogP) is 3.51. The summed E-state index contributed by atoms with van der Waals surface area (Å²) in [5.41, 5.74) is 1.10. The summed E-state index contributed by atoms with van der Waals surface area (Å²) in [4.78, 5) is 9.44. The van der Waals surface area contributed by atoms with Crippen molar-refractivity contribution in [2.45, 2.75) is 18.7 Å². The van der Waals surface area contributed by atoms with Gasteiger partial charge in [-0.05, 0) is 36.9 Å². The van der Waals surface area contributed by atoms with Crippen molar-refractivity contribution >= 4 is 28.2 Å². The molecule has 0 unspecified atom stereocenters. The standard InChI is InChI=1S/C17H22ClN3/c1-20(10-11-21-8-4-5-9-21)17-16-7-3-2-6-15(16)14(12-18)13-19-17/h2-3,6-7,13H,4-5,8-12H2,1H3. The minimum atomic E-state index is 0.505. The highest BCUT2D eigenvalue weighted by Crippen LogP contribution is 2.27. The van der Waals surface area contributed by atoms with E-state index in [9.17, 15) is 0 Å². The Morgan fingerprint density at radius 2 is 1.90 bits per heavy atom. The molecule has 1 saturated heterocycles. The first-order chi connectivity index (χ1) is 10.3. The zero-order valence-corrected chi connectivity index (χ0v) is 13.3. The van der Waals surface area contributed by atoms with Crippen LogP contribution in [0.4, 0.5) is 5.82 Å². The Morgan fingerprint density at radius 1 is 1.19 bits per heavy atom. The van der Waals surface area contributed by atoms with Crippen LogP contribution in [0.5, 0.6) is 0 Å². The van der Waals surface area contributed by atoms with Crippen molar-refractivity contribution in [1.82, 2.24) is 9.88 Å². The maximum Gasteiger partial charge on any atom is 0.136 e. The van der Waals surface area contributed by atoms with Crippen molar-refractivity contribution in [3.8, 4) is 0 Å². The number of rotatable bonds is 5. The molecule has 0 amide bonds. The SMILES string of the molecule is CN(CCN1CCCC1)c1ncc(CCl)c2ccccc12. The van der Waals surface area contributed by atoms with E-state index in [2.05, 4.69) is 46.1 Å². The molecule has 1 aliphatic heterocycles. The lowest BCUT2D eigenvalue weighted by Crippen LogP contribution is -2.31. The summed E-state index contributed by atoms with van der Waals surface area (Å²) in [6.45, 7) is 4.61. The monoisotopic (exact) mass is 303 g/mol. The van der Waals surface area contributed by atoms with E-state index in [1.807, 2.05) is 6.20 Å². The van der Waals surface area contributed by atoms with E-state index >= 15 is 0 Å². The Bertz CT molecular complexity index is 608. The number of hydrogen-bond donors (Lipinski definition) is 0. The van der Waals surface area contributed by atoms with Crippen LogP contribution in [0.3, 0.4) is 0 Å².